The van der Waals surface area contributed by atoms with Crippen LogP contribution in [0.4, 0.5) is 0 Å². The second kappa shape index (κ2) is 9.11. The second-order valence-corrected chi connectivity index (χ2v) is 9.64. The van der Waals surface area contributed by atoms with Crippen LogP contribution in [0.3, 0.4) is 0 Å². The van der Waals surface area contributed by atoms with E-state index in [0.29, 0.717) is 31.9 Å². The number of para-hydroxylation sites is 1. The number of nitrogens with one attached hydrogen (secondary N) is 2. The van der Waals surface area contributed by atoms with Crippen molar-refractivity contribution >= 4 is 26.9 Å². The van der Waals surface area contributed by atoms with Crippen LogP contribution >= 0.6 is 0 Å². The topological polar surface area (TPSA) is 107 Å². The molecule has 1 saturated heterocycles. The average molecular weight is 445 g/mol. The lowest BCUT2D eigenvalue weighted by Gasteiger charge is -2.35. The number of aryl methyl sites for hydroxylation is 1. The molecule has 1 fully saturated rings. The van der Waals surface area contributed by atoms with Gasteiger partial charge in [-0.1, -0.05) is 23.4 Å². The molecule has 3 aromatic rings. The van der Waals surface area contributed by atoms with Crippen LogP contribution in [0.2, 0.25) is 0 Å². The highest BCUT2D eigenvalue weighted by Gasteiger charge is 2.28. The number of H-pyrrole nitrogens is 1. The number of fused-ring (bicyclic) bond motifs is 1. The third-order valence-electron chi connectivity index (χ3n) is 5.65. The number of piperazine rings is 1. The summed E-state index contributed by atoms with van der Waals surface area (Å²) in [5.74, 6) is 0.658. The lowest BCUT2D eigenvalue weighted by Crippen LogP contribution is -2.54. The van der Waals surface area contributed by atoms with Crippen molar-refractivity contribution < 1.29 is 12.9 Å². The molecule has 0 spiro atoms. The molecule has 0 saturated carbocycles. The third kappa shape index (κ3) is 4.75. The van der Waals surface area contributed by atoms with Gasteiger partial charge in [0, 0.05) is 62.9 Å². The smallest absolute Gasteiger partial charge is 0.220 e. The Labute approximate surface area is 182 Å². The van der Waals surface area contributed by atoms with Crippen LogP contribution in [0, 0.1) is 6.92 Å². The summed E-state index contributed by atoms with van der Waals surface area (Å²) >= 11 is 0. The summed E-state index contributed by atoms with van der Waals surface area (Å²) in [4.78, 5) is 9.85. The first-order chi connectivity index (χ1) is 15.0. The minimum atomic E-state index is -3.41. The van der Waals surface area contributed by atoms with E-state index in [1.165, 1.54) is 32.6 Å². The highest BCUT2D eigenvalue weighted by Crippen LogP contribution is 2.21. The standard InChI is InChI=1S/C21H28N6O3S/c1-16-4-3-5-19-17(14-24-20(16)19)6-8-23-21(22-2)26-9-11-27(12-10-26)31(28,29)15-18-7-13-30-25-18/h3-5,7,13-14,24H,6,8-12,15H2,1-2H3,(H,22,23). The maximum atomic E-state index is 12.6. The zero-order valence-corrected chi connectivity index (χ0v) is 18.7. The molecule has 31 heavy (non-hydrogen) atoms. The van der Waals surface area contributed by atoms with Gasteiger partial charge in [-0.2, -0.15) is 4.31 Å². The van der Waals surface area contributed by atoms with Crippen molar-refractivity contribution in [1.82, 2.24) is 24.7 Å². The number of rotatable bonds is 6. The van der Waals surface area contributed by atoms with Gasteiger partial charge in [0.1, 0.15) is 12.0 Å². The predicted octanol–water partition coefficient (Wildman–Crippen LogP) is 1.73. The Morgan fingerprint density at radius 2 is 2.06 bits per heavy atom. The minimum Gasteiger partial charge on any atom is -0.364 e. The number of aliphatic imine (C=N–C) groups is 1. The highest BCUT2D eigenvalue weighted by molar-refractivity contribution is 7.88. The number of benzene rings is 1. The molecule has 0 bridgehead atoms. The minimum absolute atomic E-state index is 0.138. The van der Waals surface area contributed by atoms with E-state index in [-0.39, 0.29) is 5.75 Å². The fourth-order valence-corrected chi connectivity index (χ4v) is 5.41. The van der Waals surface area contributed by atoms with Crippen LogP contribution in [0.15, 0.2) is 46.2 Å². The summed E-state index contributed by atoms with van der Waals surface area (Å²) in [5, 5.41) is 8.38. The predicted molar refractivity (Wildman–Crippen MR) is 120 cm³/mol. The van der Waals surface area contributed by atoms with Gasteiger partial charge in [-0.15, -0.1) is 0 Å². The van der Waals surface area contributed by atoms with Gasteiger partial charge in [-0.25, -0.2) is 8.42 Å². The Morgan fingerprint density at radius 1 is 1.26 bits per heavy atom. The monoisotopic (exact) mass is 444 g/mol. The van der Waals surface area contributed by atoms with Gasteiger partial charge < -0.3 is 19.7 Å². The molecule has 2 aromatic heterocycles. The molecule has 0 amide bonds. The molecule has 1 aliphatic heterocycles. The summed E-state index contributed by atoms with van der Waals surface area (Å²) in [6, 6.07) is 7.90. The van der Waals surface area contributed by atoms with Crippen LogP contribution in [-0.4, -0.2) is 73.5 Å². The molecule has 0 unspecified atom stereocenters. The highest BCUT2D eigenvalue weighted by atomic mass is 32.2. The molecule has 10 heteroatoms. The molecular formula is C21H28N6O3S. The number of aromatic nitrogens is 2. The van der Waals surface area contributed by atoms with E-state index in [0.717, 1.165) is 18.9 Å². The molecule has 3 heterocycles. The van der Waals surface area contributed by atoms with E-state index in [2.05, 4.69) is 56.7 Å². The molecule has 1 aromatic carbocycles. The molecule has 166 valence electrons. The largest absolute Gasteiger partial charge is 0.364 e. The average Bonchev–Trinajstić information content (AvgIpc) is 3.42. The number of guanidine groups is 1. The maximum absolute atomic E-state index is 12.6. The lowest BCUT2D eigenvalue weighted by atomic mass is 10.1. The summed E-state index contributed by atoms with van der Waals surface area (Å²) in [5.41, 5.74) is 4.12. The summed E-state index contributed by atoms with van der Waals surface area (Å²) in [6.45, 7) is 4.87. The van der Waals surface area contributed by atoms with Crippen molar-refractivity contribution in [3.05, 3.63) is 53.5 Å². The SMILES string of the molecule is CN=C(NCCc1c[nH]c2c(C)cccc12)N1CCN(S(=O)(=O)Cc2ccon2)CC1. The Balaban J connectivity index is 1.30. The first-order valence-corrected chi connectivity index (χ1v) is 12.0. The number of sulfonamides is 1. The third-order valence-corrected chi connectivity index (χ3v) is 7.46. The van der Waals surface area contributed by atoms with E-state index in [4.69, 9.17) is 4.52 Å². The maximum Gasteiger partial charge on any atom is 0.220 e. The Hall–Kier alpha value is -2.85. The summed E-state index contributed by atoms with van der Waals surface area (Å²) < 4.78 is 31.5. The zero-order chi connectivity index (χ0) is 21.8. The molecule has 0 radical (unpaired) electrons. The van der Waals surface area contributed by atoms with E-state index in [1.807, 2.05) is 0 Å². The summed E-state index contributed by atoms with van der Waals surface area (Å²) in [7, 11) is -1.66. The van der Waals surface area contributed by atoms with Crippen molar-refractivity contribution in [3.8, 4) is 0 Å². The van der Waals surface area contributed by atoms with Gasteiger partial charge in [0.25, 0.3) is 0 Å². The first-order valence-electron chi connectivity index (χ1n) is 10.4. The molecule has 9 nitrogen and oxygen atoms in total. The van der Waals surface area contributed by atoms with Crippen molar-refractivity contribution in [1.29, 1.82) is 0 Å². The molecule has 0 aliphatic carbocycles. The van der Waals surface area contributed by atoms with E-state index in [1.54, 1.807) is 13.1 Å². The van der Waals surface area contributed by atoms with Crippen LogP contribution in [0.25, 0.3) is 10.9 Å². The molecule has 2 N–H and O–H groups in total. The quantitative estimate of drug-likeness (QED) is 0.443. The van der Waals surface area contributed by atoms with Gasteiger partial charge in [-0.05, 0) is 24.5 Å². The molecule has 4 rings (SSSR count). The Kier molecular flexibility index (Phi) is 6.28. The Bertz CT molecular complexity index is 1150. The fourth-order valence-electron chi connectivity index (χ4n) is 3.98. The fraction of sp³-hybridized carbons (Fsp3) is 0.429. The van der Waals surface area contributed by atoms with Gasteiger partial charge in [0.2, 0.25) is 10.0 Å². The van der Waals surface area contributed by atoms with Crippen LogP contribution in [-0.2, 0) is 22.2 Å². The van der Waals surface area contributed by atoms with Gasteiger partial charge in [0.15, 0.2) is 5.96 Å². The van der Waals surface area contributed by atoms with E-state index < -0.39 is 10.0 Å². The van der Waals surface area contributed by atoms with Crippen molar-refractivity contribution in [2.45, 2.75) is 19.1 Å². The van der Waals surface area contributed by atoms with Crippen LogP contribution in [0.5, 0.6) is 0 Å². The van der Waals surface area contributed by atoms with Gasteiger partial charge in [0.05, 0.1) is 5.69 Å². The van der Waals surface area contributed by atoms with E-state index in [9.17, 15) is 8.42 Å². The second-order valence-electron chi connectivity index (χ2n) is 7.67. The van der Waals surface area contributed by atoms with Gasteiger partial charge >= 0.3 is 0 Å². The number of nitrogens with zero attached hydrogens (tertiary/aromatic N) is 4. The number of hydrogen-bond donors (Lipinski definition) is 2. The lowest BCUT2D eigenvalue weighted by molar-refractivity contribution is 0.260. The zero-order valence-electron chi connectivity index (χ0n) is 17.8. The number of aromatic amines is 1. The molecule has 1 aliphatic rings. The normalized spacial score (nSPS) is 16.2. The van der Waals surface area contributed by atoms with E-state index >= 15 is 0 Å². The molecular weight excluding hydrogens is 416 g/mol. The van der Waals surface area contributed by atoms with Crippen molar-refractivity contribution in [2.24, 2.45) is 4.99 Å². The van der Waals surface area contributed by atoms with Crippen molar-refractivity contribution in [3.63, 3.8) is 0 Å². The Morgan fingerprint density at radius 3 is 2.77 bits per heavy atom. The number of hydrogen-bond acceptors (Lipinski definition) is 5. The molecule has 0 atom stereocenters. The van der Waals surface area contributed by atoms with Crippen LogP contribution in [0.1, 0.15) is 16.8 Å². The van der Waals surface area contributed by atoms with Crippen molar-refractivity contribution in [2.75, 3.05) is 39.8 Å². The first kappa shape index (κ1) is 21.4. The van der Waals surface area contributed by atoms with Crippen LogP contribution < -0.4 is 5.32 Å². The van der Waals surface area contributed by atoms with Gasteiger partial charge in [-0.3, -0.25) is 4.99 Å². The summed E-state index contributed by atoms with van der Waals surface area (Å²) in [6.07, 6.45) is 4.32.